The fourth-order valence-corrected chi connectivity index (χ4v) is 3.73. The molecule has 0 bridgehead atoms. The Balaban J connectivity index is 1.74. The summed E-state index contributed by atoms with van der Waals surface area (Å²) in [5.74, 6) is 2.17. The zero-order chi connectivity index (χ0) is 21.0. The molecule has 150 valence electrons. The van der Waals surface area contributed by atoms with Gasteiger partial charge in [0.05, 0.1) is 12.8 Å². The number of hydrogen-bond acceptors (Lipinski definition) is 3. The molecular weight excluding hydrogens is 382 g/mol. The Bertz CT molecular complexity index is 1220. The molecule has 0 N–H and O–H groups in total. The third kappa shape index (κ3) is 3.74. The van der Waals surface area contributed by atoms with Crippen LogP contribution in [0.2, 0.25) is 0 Å². The maximum absolute atomic E-state index is 6.53. The maximum atomic E-state index is 6.53. The van der Waals surface area contributed by atoms with Gasteiger partial charge in [0.15, 0.2) is 0 Å². The Morgan fingerprint density at radius 3 is 1.87 bits per heavy atom. The van der Waals surface area contributed by atoms with Crippen molar-refractivity contribution in [3.63, 3.8) is 0 Å². The molecule has 31 heavy (non-hydrogen) atoms. The van der Waals surface area contributed by atoms with Crippen LogP contribution in [0, 0.1) is 0 Å². The number of methoxy groups -OCH3 is 1. The highest BCUT2D eigenvalue weighted by Crippen LogP contribution is 2.40. The van der Waals surface area contributed by atoms with Crippen LogP contribution in [0.1, 0.15) is 22.3 Å². The molecule has 1 aliphatic heterocycles. The van der Waals surface area contributed by atoms with Crippen LogP contribution in [0.3, 0.4) is 0 Å². The lowest BCUT2D eigenvalue weighted by molar-refractivity contribution is 0.414. The molecule has 0 unspecified atom stereocenters. The van der Waals surface area contributed by atoms with Crippen LogP contribution < -0.4 is 4.74 Å². The lowest BCUT2D eigenvalue weighted by atomic mass is 9.93. The summed E-state index contributed by atoms with van der Waals surface area (Å²) in [4.78, 5) is 4.81. The molecule has 0 amide bonds. The first-order valence-electron chi connectivity index (χ1n) is 10.2. The number of rotatable bonds is 4. The van der Waals surface area contributed by atoms with E-state index in [0.717, 1.165) is 45.0 Å². The summed E-state index contributed by atoms with van der Waals surface area (Å²) < 4.78 is 11.8. The molecule has 0 spiro atoms. The second kappa shape index (κ2) is 8.33. The van der Waals surface area contributed by atoms with Gasteiger partial charge < -0.3 is 9.47 Å². The molecular formula is C28H21NO2. The fraction of sp³-hybridized carbons (Fsp3) is 0.0357. The number of benzene rings is 4. The summed E-state index contributed by atoms with van der Waals surface area (Å²) in [6.45, 7) is 0. The summed E-state index contributed by atoms with van der Waals surface area (Å²) in [5.41, 5.74) is 5.98. The van der Waals surface area contributed by atoms with Crippen LogP contribution in [0.4, 0.5) is 5.69 Å². The van der Waals surface area contributed by atoms with Gasteiger partial charge in [-0.3, -0.25) is 0 Å². The molecule has 4 aromatic carbocycles. The average molecular weight is 403 g/mol. The van der Waals surface area contributed by atoms with E-state index in [4.69, 9.17) is 14.5 Å². The Morgan fingerprint density at radius 1 is 0.677 bits per heavy atom. The van der Waals surface area contributed by atoms with Crippen LogP contribution in [-0.4, -0.2) is 13.0 Å². The molecule has 4 aromatic rings. The van der Waals surface area contributed by atoms with Crippen LogP contribution in [0.5, 0.6) is 5.75 Å². The molecule has 5 rings (SSSR count). The van der Waals surface area contributed by atoms with Crippen LogP contribution in [0.15, 0.2) is 114 Å². The zero-order valence-electron chi connectivity index (χ0n) is 17.2. The van der Waals surface area contributed by atoms with Crippen molar-refractivity contribution in [3.8, 4) is 5.75 Å². The van der Waals surface area contributed by atoms with E-state index in [1.807, 2.05) is 78.9 Å². The van der Waals surface area contributed by atoms with Crippen molar-refractivity contribution in [1.29, 1.82) is 0 Å². The SMILES string of the molecule is COc1ccc(C2=Nc3ccccc3C(=C(c3ccccc3)c3ccccc3)O2)cc1. The average Bonchev–Trinajstić information content (AvgIpc) is 2.85. The molecule has 0 saturated heterocycles. The van der Waals surface area contributed by atoms with Crippen molar-refractivity contribution < 1.29 is 9.47 Å². The van der Waals surface area contributed by atoms with Crippen molar-refractivity contribution in [2.45, 2.75) is 0 Å². The maximum Gasteiger partial charge on any atom is 0.227 e. The van der Waals surface area contributed by atoms with E-state index in [1.165, 1.54) is 0 Å². The van der Waals surface area contributed by atoms with Gasteiger partial charge in [-0.15, -0.1) is 0 Å². The monoisotopic (exact) mass is 403 g/mol. The van der Waals surface area contributed by atoms with Crippen LogP contribution >= 0.6 is 0 Å². The summed E-state index contributed by atoms with van der Waals surface area (Å²) in [6, 6.07) is 36.6. The van der Waals surface area contributed by atoms with Gasteiger partial charge in [0, 0.05) is 16.7 Å². The van der Waals surface area contributed by atoms with Gasteiger partial charge in [-0.25, -0.2) is 4.99 Å². The molecule has 0 saturated carbocycles. The minimum atomic E-state index is 0.570. The topological polar surface area (TPSA) is 30.8 Å². The molecule has 0 fully saturated rings. The number of hydrogen-bond donors (Lipinski definition) is 0. The quantitative estimate of drug-likeness (QED) is 0.379. The highest BCUT2D eigenvalue weighted by Gasteiger charge is 2.24. The van der Waals surface area contributed by atoms with E-state index in [9.17, 15) is 0 Å². The summed E-state index contributed by atoms with van der Waals surface area (Å²) in [6.07, 6.45) is 0. The number of para-hydroxylation sites is 1. The third-order valence-electron chi connectivity index (χ3n) is 5.26. The standard InChI is InChI=1S/C28H21NO2/c1-30-23-18-16-22(17-19-23)28-29-25-15-9-8-14-24(25)27(31-28)26(20-10-4-2-5-11-20)21-12-6-3-7-13-21/h2-19H,1H3. The predicted octanol–water partition coefficient (Wildman–Crippen LogP) is 6.72. The van der Waals surface area contributed by atoms with Crippen molar-refractivity contribution in [2.24, 2.45) is 4.99 Å². The van der Waals surface area contributed by atoms with Crippen LogP contribution in [-0.2, 0) is 4.74 Å². The smallest absolute Gasteiger partial charge is 0.227 e. The summed E-state index contributed by atoms with van der Waals surface area (Å²) in [5, 5.41) is 0. The van der Waals surface area contributed by atoms with E-state index in [0.29, 0.717) is 5.90 Å². The first-order chi connectivity index (χ1) is 15.3. The predicted molar refractivity (Wildman–Crippen MR) is 126 cm³/mol. The Morgan fingerprint density at radius 2 is 1.26 bits per heavy atom. The minimum Gasteiger partial charge on any atom is -0.497 e. The van der Waals surface area contributed by atoms with Gasteiger partial charge in [-0.2, -0.15) is 0 Å². The van der Waals surface area contributed by atoms with Crippen LogP contribution in [0.25, 0.3) is 11.3 Å². The highest BCUT2D eigenvalue weighted by atomic mass is 16.5. The largest absolute Gasteiger partial charge is 0.497 e. The number of nitrogens with zero attached hydrogens (tertiary/aromatic N) is 1. The van der Waals surface area contributed by atoms with Gasteiger partial charge in [-0.05, 0) is 47.5 Å². The highest BCUT2D eigenvalue weighted by molar-refractivity contribution is 6.08. The normalized spacial score (nSPS) is 12.4. The van der Waals surface area contributed by atoms with Gasteiger partial charge in [-0.1, -0.05) is 72.8 Å². The number of ether oxygens (including phenoxy) is 2. The molecule has 3 heteroatoms. The fourth-order valence-electron chi connectivity index (χ4n) is 3.73. The molecule has 3 nitrogen and oxygen atoms in total. The lowest BCUT2D eigenvalue weighted by Gasteiger charge is -2.23. The van der Waals surface area contributed by atoms with E-state index < -0.39 is 0 Å². The molecule has 0 radical (unpaired) electrons. The second-order valence-electron chi connectivity index (χ2n) is 7.20. The molecule has 1 heterocycles. The van der Waals surface area contributed by atoms with Crippen molar-refractivity contribution in [3.05, 3.63) is 131 Å². The Hall–Kier alpha value is -4.11. The minimum absolute atomic E-state index is 0.570. The van der Waals surface area contributed by atoms with E-state index in [-0.39, 0.29) is 0 Å². The molecule has 0 atom stereocenters. The Labute approximate surface area is 181 Å². The second-order valence-corrected chi connectivity index (χ2v) is 7.20. The first-order valence-corrected chi connectivity index (χ1v) is 10.2. The third-order valence-corrected chi connectivity index (χ3v) is 5.26. The summed E-state index contributed by atoms with van der Waals surface area (Å²) in [7, 11) is 1.66. The van der Waals surface area contributed by atoms with E-state index in [2.05, 4.69) is 30.3 Å². The summed E-state index contributed by atoms with van der Waals surface area (Å²) >= 11 is 0. The first kappa shape index (κ1) is 18.9. The van der Waals surface area contributed by atoms with E-state index >= 15 is 0 Å². The van der Waals surface area contributed by atoms with Gasteiger partial charge >= 0.3 is 0 Å². The number of aliphatic imine (C=N–C) groups is 1. The molecule has 0 aromatic heterocycles. The van der Waals surface area contributed by atoms with Gasteiger partial charge in [0.25, 0.3) is 0 Å². The lowest BCUT2D eigenvalue weighted by Crippen LogP contribution is -2.12. The van der Waals surface area contributed by atoms with Gasteiger partial charge in [0.1, 0.15) is 11.5 Å². The number of fused-ring (bicyclic) bond motifs is 1. The molecule has 1 aliphatic rings. The van der Waals surface area contributed by atoms with Crippen molar-refractivity contribution in [2.75, 3.05) is 7.11 Å². The van der Waals surface area contributed by atoms with Crippen molar-refractivity contribution in [1.82, 2.24) is 0 Å². The zero-order valence-corrected chi connectivity index (χ0v) is 17.2. The molecule has 0 aliphatic carbocycles. The van der Waals surface area contributed by atoms with E-state index in [1.54, 1.807) is 7.11 Å². The van der Waals surface area contributed by atoms with Crippen molar-refractivity contribution >= 4 is 22.9 Å². The van der Waals surface area contributed by atoms with Gasteiger partial charge in [0.2, 0.25) is 5.90 Å². The Kier molecular flexibility index (Phi) is 5.07.